The number of hydrogen-bond acceptors (Lipinski definition) is 1. The fourth-order valence-electron chi connectivity index (χ4n) is 1.14. The molecular weight excluding hydrogens is 179 g/mol. The predicted molar refractivity (Wildman–Crippen MR) is 54.9 cm³/mol. The van der Waals surface area contributed by atoms with Gasteiger partial charge in [-0.05, 0) is 25.5 Å². The Hall–Kier alpha value is -1.44. The van der Waals surface area contributed by atoms with E-state index in [2.05, 4.69) is 6.58 Å². The summed E-state index contributed by atoms with van der Waals surface area (Å²) in [5, 5.41) is 0. The van der Waals surface area contributed by atoms with Gasteiger partial charge < -0.3 is 0 Å². The second kappa shape index (κ2) is 4.18. The standard InChI is InChI=1S/C12H13FO/c1-8(2)6-12(14)10-5-4-9(3)11(13)7-10/h4-5,7H,1,6H2,2-3H3. The molecule has 1 aromatic rings. The quantitative estimate of drug-likeness (QED) is 0.530. The van der Waals surface area contributed by atoms with Crippen molar-refractivity contribution in [2.24, 2.45) is 0 Å². The summed E-state index contributed by atoms with van der Waals surface area (Å²) in [6, 6.07) is 4.53. The molecule has 1 aromatic carbocycles. The average Bonchev–Trinajstić information content (AvgIpc) is 2.08. The Morgan fingerprint density at radius 2 is 2.14 bits per heavy atom. The highest BCUT2D eigenvalue weighted by atomic mass is 19.1. The smallest absolute Gasteiger partial charge is 0.166 e. The lowest BCUT2D eigenvalue weighted by molar-refractivity contribution is 0.0992. The number of allylic oxidation sites excluding steroid dienone is 1. The van der Waals surface area contributed by atoms with Crippen LogP contribution in [0.25, 0.3) is 0 Å². The van der Waals surface area contributed by atoms with E-state index in [4.69, 9.17) is 0 Å². The van der Waals surface area contributed by atoms with Gasteiger partial charge in [-0.25, -0.2) is 4.39 Å². The third-order valence-electron chi connectivity index (χ3n) is 1.96. The molecule has 2 heteroatoms. The molecule has 74 valence electrons. The van der Waals surface area contributed by atoms with Crippen molar-refractivity contribution < 1.29 is 9.18 Å². The summed E-state index contributed by atoms with van der Waals surface area (Å²) in [5.74, 6) is -0.422. The number of hydrogen-bond donors (Lipinski definition) is 0. The number of Topliss-reactive ketones (excluding diaryl/α,β-unsaturated/α-hetero) is 1. The minimum Gasteiger partial charge on any atom is -0.294 e. The van der Waals surface area contributed by atoms with Gasteiger partial charge in [0.2, 0.25) is 0 Å². The van der Waals surface area contributed by atoms with E-state index in [1.807, 2.05) is 0 Å². The molecule has 0 saturated carbocycles. The van der Waals surface area contributed by atoms with Crippen LogP contribution in [0.15, 0.2) is 30.4 Å². The second-order valence-electron chi connectivity index (χ2n) is 3.52. The van der Waals surface area contributed by atoms with Gasteiger partial charge in [-0.2, -0.15) is 0 Å². The maximum atomic E-state index is 13.1. The molecule has 0 N–H and O–H groups in total. The Balaban J connectivity index is 2.91. The van der Waals surface area contributed by atoms with Gasteiger partial charge in [0, 0.05) is 12.0 Å². The Morgan fingerprint density at radius 1 is 1.50 bits per heavy atom. The van der Waals surface area contributed by atoms with Gasteiger partial charge in [0.1, 0.15) is 5.82 Å². The van der Waals surface area contributed by atoms with Crippen LogP contribution >= 0.6 is 0 Å². The van der Waals surface area contributed by atoms with E-state index in [0.29, 0.717) is 11.1 Å². The number of halogens is 1. The lowest BCUT2D eigenvalue weighted by atomic mass is 10.0. The maximum Gasteiger partial charge on any atom is 0.166 e. The summed E-state index contributed by atoms with van der Waals surface area (Å²) in [6.45, 7) is 7.10. The highest BCUT2D eigenvalue weighted by Crippen LogP contribution is 2.12. The Kier molecular flexibility index (Phi) is 3.18. The molecule has 0 spiro atoms. The van der Waals surface area contributed by atoms with Crippen LogP contribution in [0.2, 0.25) is 0 Å². The molecule has 0 fully saturated rings. The molecule has 0 bridgehead atoms. The first-order valence-electron chi connectivity index (χ1n) is 4.44. The molecule has 0 aliphatic carbocycles. The van der Waals surface area contributed by atoms with Crippen LogP contribution in [0.3, 0.4) is 0 Å². The highest BCUT2D eigenvalue weighted by Gasteiger charge is 2.07. The lowest BCUT2D eigenvalue weighted by Gasteiger charge is -2.02. The summed E-state index contributed by atoms with van der Waals surface area (Å²) in [4.78, 5) is 11.5. The van der Waals surface area contributed by atoms with E-state index < -0.39 is 0 Å². The van der Waals surface area contributed by atoms with Crippen LogP contribution in [0.1, 0.15) is 29.3 Å². The number of carbonyl (C=O) groups excluding carboxylic acids is 1. The van der Waals surface area contributed by atoms with Gasteiger partial charge in [0.15, 0.2) is 5.78 Å². The average molecular weight is 192 g/mol. The number of benzene rings is 1. The van der Waals surface area contributed by atoms with Gasteiger partial charge in [0.05, 0.1) is 0 Å². The van der Waals surface area contributed by atoms with Crippen molar-refractivity contribution in [2.45, 2.75) is 20.3 Å². The zero-order chi connectivity index (χ0) is 10.7. The van der Waals surface area contributed by atoms with Gasteiger partial charge >= 0.3 is 0 Å². The monoisotopic (exact) mass is 192 g/mol. The van der Waals surface area contributed by atoms with Crippen molar-refractivity contribution in [1.82, 2.24) is 0 Å². The molecule has 0 saturated heterocycles. The fourth-order valence-corrected chi connectivity index (χ4v) is 1.14. The van der Waals surface area contributed by atoms with Gasteiger partial charge in [-0.3, -0.25) is 4.79 Å². The third kappa shape index (κ3) is 2.52. The van der Waals surface area contributed by atoms with Crippen LogP contribution in [0, 0.1) is 12.7 Å². The summed E-state index contributed by atoms with van der Waals surface area (Å²) < 4.78 is 13.1. The first kappa shape index (κ1) is 10.6. The van der Waals surface area contributed by atoms with Gasteiger partial charge in [0.25, 0.3) is 0 Å². The second-order valence-corrected chi connectivity index (χ2v) is 3.52. The van der Waals surface area contributed by atoms with Crippen molar-refractivity contribution >= 4 is 5.78 Å². The largest absolute Gasteiger partial charge is 0.294 e. The Bertz CT molecular complexity index is 380. The van der Waals surface area contributed by atoms with Gasteiger partial charge in [-0.1, -0.05) is 24.3 Å². The van der Waals surface area contributed by atoms with Crippen LogP contribution in [0.4, 0.5) is 4.39 Å². The normalized spacial score (nSPS) is 9.93. The van der Waals surface area contributed by atoms with Crippen LogP contribution in [-0.2, 0) is 0 Å². The van der Waals surface area contributed by atoms with E-state index in [9.17, 15) is 9.18 Å². The number of aryl methyl sites for hydroxylation is 1. The zero-order valence-corrected chi connectivity index (χ0v) is 8.43. The van der Waals surface area contributed by atoms with Crippen molar-refractivity contribution in [2.75, 3.05) is 0 Å². The molecular formula is C12H13FO. The molecule has 0 aliphatic heterocycles. The van der Waals surface area contributed by atoms with Crippen LogP contribution in [-0.4, -0.2) is 5.78 Å². The van der Waals surface area contributed by atoms with Crippen LogP contribution < -0.4 is 0 Å². The Labute approximate surface area is 83.3 Å². The third-order valence-corrected chi connectivity index (χ3v) is 1.96. The summed E-state index contributed by atoms with van der Waals surface area (Å²) in [7, 11) is 0. The van der Waals surface area contributed by atoms with Crippen molar-refractivity contribution in [1.29, 1.82) is 0 Å². The Morgan fingerprint density at radius 3 is 2.64 bits per heavy atom. The van der Waals surface area contributed by atoms with E-state index in [1.54, 1.807) is 26.0 Å². The topological polar surface area (TPSA) is 17.1 Å². The minimum absolute atomic E-state index is 0.0867. The molecule has 0 aliphatic rings. The fraction of sp³-hybridized carbons (Fsp3) is 0.250. The molecule has 0 atom stereocenters. The number of carbonyl (C=O) groups is 1. The van der Waals surface area contributed by atoms with E-state index in [1.165, 1.54) is 6.07 Å². The summed E-state index contributed by atoms with van der Waals surface area (Å²) >= 11 is 0. The molecule has 0 amide bonds. The van der Waals surface area contributed by atoms with Crippen LogP contribution in [0.5, 0.6) is 0 Å². The molecule has 1 nitrogen and oxygen atoms in total. The highest BCUT2D eigenvalue weighted by molar-refractivity contribution is 5.97. The van der Waals surface area contributed by atoms with Crippen molar-refractivity contribution in [3.63, 3.8) is 0 Å². The summed E-state index contributed by atoms with van der Waals surface area (Å²) in [5.41, 5.74) is 1.75. The maximum absolute atomic E-state index is 13.1. The van der Waals surface area contributed by atoms with E-state index in [0.717, 1.165) is 5.57 Å². The van der Waals surface area contributed by atoms with Crippen molar-refractivity contribution in [3.05, 3.63) is 47.3 Å². The predicted octanol–water partition coefficient (Wildman–Crippen LogP) is 3.28. The SMILES string of the molecule is C=C(C)CC(=O)c1ccc(C)c(F)c1. The summed E-state index contributed by atoms with van der Waals surface area (Å²) in [6.07, 6.45) is 0.280. The molecule has 1 rings (SSSR count). The molecule has 14 heavy (non-hydrogen) atoms. The first-order chi connectivity index (χ1) is 6.50. The van der Waals surface area contributed by atoms with Gasteiger partial charge in [-0.15, -0.1) is 0 Å². The minimum atomic E-state index is -0.336. The molecule has 0 heterocycles. The zero-order valence-electron chi connectivity index (χ0n) is 8.43. The van der Waals surface area contributed by atoms with Crippen molar-refractivity contribution in [3.8, 4) is 0 Å². The number of ketones is 1. The van der Waals surface area contributed by atoms with E-state index >= 15 is 0 Å². The molecule has 0 unspecified atom stereocenters. The molecule has 0 radical (unpaired) electrons. The lowest BCUT2D eigenvalue weighted by Crippen LogP contribution is -2.00. The number of rotatable bonds is 3. The first-order valence-corrected chi connectivity index (χ1v) is 4.44. The van der Waals surface area contributed by atoms with E-state index in [-0.39, 0.29) is 18.0 Å². The molecule has 0 aromatic heterocycles.